The van der Waals surface area contributed by atoms with Crippen LogP contribution in [0.5, 0.6) is 0 Å². The third kappa shape index (κ3) is 2.20. The highest BCUT2D eigenvalue weighted by atomic mass is 16.5. The van der Waals surface area contributed by atoms with Crippen LogP contribution in [0.4, 0.5) is 0 Å². The highest BCUT2D eigenvalue weighted by Crippen LogP contribution is 2.21. The molecule has 0 atom stereocenters. The van der Waals surface area contributed by atoms with Crippen LogP contribution >= 0.6 is 0 Å². The van der Waals surface area contributed by atoms with Crippen molar-refractivity contribution in [3.8, 4) is 0 Å². The lowest BCUT2D eigenvalue weighted by Crippen LogP contribution is -2.01. The molecule has 0 radical (unpaired) electrons. The minimum absolute atomic E-state index is 0.0163. The van der Waals surface area contributed by atoms with Crippen LogP contribution in [0.1, 0.15) is 37.0 Å². The van der Waals surface area contributed by atoms with Gasteiger partial charge in [-0.1, -0.05) is 37.2 Å². The summed E-state index contributed by atoms with van der Waals surface area (Å²) in [6, 6.07) is 7.92. The molecular weight excluding hydrogens is 254 g/mol. The first-order valence-electron chi connectivity index (χ1n) is 6.69. The molecule has 0 saturated heterocycles. The molecule has 1 N–H and O–H groups in total. The fourth-order valence-corrected chi connectivity index (χ4v) is 2.31. The zero-order chi connectivity index (χ0) is 14.1. The van der Waals surface area contributed by atoms with Gasteiger partial charge < -0.3 is 14.2 Å². The van der Waals surface area contributed by atoms with Crippen LogP contribution in [0.3, 0.4) is 0 Å². The van der Waals surface area contributed by atoms with Gasteiger partial charge in [0.1, 0.15) is 6.54 Å². The molecule has 0 amide bonds. The Hall–Kier alpha value is -2.14. The molecule has 0 spiro atoms. The lowest BCUT2D eigenvalue weighted by molar-refractivity contribution is 0.282. The van der Waals surface area contributed by atoms with Crippen molar-refractivity contribution >= 4 is 10.9 Å². The van der Waals surface area contributed by atoms with E-state index in [1.165, 1.54) is 0 Å². The Balaban J connectivity index is 1.97. The standard InChI is InChI=1S/C15H17N3O2/c1-10(2)15-16-13(20-17-15)8-18-7-6-11-4-3-5-12(9-19)14(11)18/h3-7,10,19H,8-9H2,1-2H3. The maximum atomic E-state index is 9.46. The number of aliphatic hydroxyl groups is 1. The summed E-state index contributed by atoms with van der Waals surface area (Å²) in [5.74, 6) is 1.56. The van der Waals surface area contributed by atoms with Crippen LogP contribution in [0, 0.1) is 0 Å². The van der Waals surface area contributed by atoms with Gasteiger partial charge in [0.15, 0.2) is 5.82 Å². The number of para-hydroxylation sites is 1. The first-order chi connectivity index (χ1) is 9.69. The number of hydrogen-bond acceptors (Lipinski definition) is 4. The average molecular weight is 271 g/mol. The zero-order valence-electron chi connectivity index (χ0n) is 11.6. The fourth-order valence-electron chi connectivity index (χ4n) is 2.31. The summed E-state index contributed by atoms with van der Waals surface area (Å²) in [6.07, 6.45) is 1.98. The summed E-state index contributed by atoms with van der Waals surface area (Å²) in [7, 11) is 0. The second-order valence-corrected chi connectivity index (χ2v) is 5.16. The average Bonchev–Trinajstić information content (AvgIpc) is 3.06. The summed E-state index contributed by atoms with van der Waals surface area (Å²) >= 11 is 0. The molecule has 0 unspecified atom stereocenters. The molecule has 0 aliphatic heterocycles. The molecule has 1 aromatic carbocycles. The van der Waals surface area contributed by atoms with E-state index in [0.29, 0.717) is 12.4 Å². The van der Waals surface area contributed by atoms with E-state index in [1.807, 2.05) is 48.9 Å². The molecule has 104 valence electrons. The van der Waals surface area contributed by atoms with Crippen LogP contribution in [0.2, 0.25) is 0 Å². The predicted octanol–water partition coefficient (Wildman–Crippen LogP) is 2.69. The van der Waals surface area contributed by atoms with Crippen molar-refractivity contribution in [1.29, 1.82) is 0 Å². The molecule has 20 heavy (non-hydrogen) atoms. The summed E-state index contributed by atoms with van der Waals surface area (Å²) in [6.45, 7) is 4.59. The normalized spacial score (nSPS) is 11.6. The molecule has 5 heteroatoms. The van der Waals surface area contributed by atoms with Gasteiger partial charge in [0.05, 0.1) is 12.1 Å². The van der Waals surface area contributed by atoms with E-state index in [1.54, 1.807) is 0 Å². The number of benzene rings is 1. The Labute approximate surface area is 116 Å². The monoisotopic (exact) mass is 271 g/mol. The van der Waals surface area contributed by atoms with E-state index < -0.39 is 0 Å². The zero-order valence-corrected chi connectivity index (χ0v) is 11.6. The van der Waals surface area contributed by atoms with E-state index in [4.69, 9.17) is 4.52 Å². The van der Waals surface area contributed by atoms with Crippen LogP contribution < -0.4 is 0 Å². The van der Waals surface area contributed by atoms with Crippen LogP contribution in [-0.4, -0.2) is 19.8 Å². The van der Waals surface area contributed by atoms with Gasteiger partial charge in [0, 0.05) is 17.7 Å². The minimum atomic E-state index is 0.0163. The van der Waals surface area contributed by atoms with Crippen molar-refractivity contribution in [3.05, 3.63) is 47.7 Å². The molecule has 5 nitrogen and oxygen atoms in total. The Kier molecular flexibility index (Phi) is 3.28. The lowest BCUT2D eigenvalue weighted by Gasteiger charge is -2.05. The van der Waals surface area contributed by atoms with Gasteiger partial charge >= 0.3 is 0 Å². The SMILES string of the molecule is CC(C)c1noc(Cn2ccc3cccc(CO)c32)n1. The smallest absolute Gasteiger partial charge is 0.246 e. The highest BCUT2D eigenvalue weighted by molar-refractivity contribution is 5.83. The molecule has 2 heterocycles. The number of hydrogen-bond donors (Lipinski definition) is 1. The van der Waals surface area contributed by atoms with Crippen molar-refractivity contribution < 1.29 is 9.63 Å². The molecule has 2 aromatic heterocycles. The van der Waals surface area contributed by atoms with Crippen LogP contribution in [-0.2, 0) is 13.2 Å². The van der Waals surface area contributed by atoms with Crippen molar-refractivity contribution in [2.24, 2.45) is 0 Å². The largest absolute Gasteiger partial charge is 0.392 e. The third-order valence-electron chi connectivity index (χ3n) is 3.35. The maximum absolute atomic E-state index is 9.46. The number of fused-ring (bicyclic) bond motifs is 1. The molecular formula is C15H17N3O2. The van der Waals surface area contributed by atoms with Crippen molar-refractivity contribution in [1.82, 2.24) is 14.7 Å². The lowest BCUT2D eigenvalue weighted by atomic mass is 10.1. The Morgan fingerprint density at radius 2 is 2.15 bits per heavy atom. The molecule has 3 aromatic rings. The second-order valence-electron chi connectivity index (χ2n) is 5.16. The molecule has 0 bridgehead atoms. The second kappa shape index (κ2) is 5.09. The molecule has 3 rings (SSSR count). The van der Waals surface area contributed by atoms with E-state index in [-0.39, 0.29) is 12.5 Å². The predicted molar refractivity (Wildman–Crippen MR) is 75.3 cm³/mol. The van der Waals surface area contributed by atoms with E-state index in [2.05, 4.69) is 10.1 Å². The Morgan fingerprint density at radius 3 is 2.85 bits per heavy atom. The van der Waals surface area contributed by atoms with Gasteiger partial charge in [0.2, 0.25) is 5.89 Å². The first-order valence-corrected chi connectivity index (χ1v) is 6.69. The highest BCUT2D eigenvalue weighted by Gasteiger charge is 2.12. The summed E-state index contributed by atoms with van der Waals surface area (Å²) in [5.41, 5.74) is 1.91. The molecule has 0 saturated carbocycles. The first kappa shape index (κ1) is 12.9. The van der Waals surface area contributed by atoms with Gasteiger partial charge in [-0.2, -0.15) is 4.98 Å². The Morgan fingerprint density at radius 1 is 1.30 bits per heavy atom. The molecule has 0 fully saturated rings. The van der Waals surface area contributed by atoms with E-state index in [9.17, 15) is 5.11 Å². The number of aliphatic hydroxyl groups excluding tert-OH is 1. The van der Waals surface area contributed by atoms with Crippen molar-refractivity contribution in [2.75, 3.05) is 0 Å². The maximum Gasteiger partial charge on any atom is 0.246 e. The summed E-state index contributed by atoms with van der Waals surface area (Å²) < 4.78 is 7.30. The number of aromatic nitrogens is 3. The van der Waals surface area contributed by atoms with Gasteiger partial charge in [-0.3, -0.25) is 0 Å². The third-order valence-corrected chi connectivity index (χ3v) is 3.35. The fraction of sp³-hybridized carbons (Fsp3) is 0.333. The topological polar surface area (TPSA) is 64.1 Å². The number of nitrogens with zero attached hydrogens (tertiary/aromatic N) is 3. The van der Waals surface area contributed by atoms with Crippen molar-refractivity contribution in [2.45, 2.75) is 32.9 Å². The van der Waals surface area contributed by atoms with Gasteiger partial charge in [-0.25, -0.2) is 0 Å². The van der Waals surface area contributed by atoms with E-state index >= 15 is 0 Å². The quantitative estimate of drug-likeness (QED) is 0.792. The van der Waals surface area contributed by atoms with E-state index in [0.717, 1.165) is 22.3 Å². The summed E-state index contributed by atoms with van der Waals surface area (Å²) in [5, 5.41) is 14.5. The van der Waals surface area contributed by atoms with Gasteiger partial charge in [-0.15, -0.1) is 0 Å². The number of rotatable bonds is 4. The van der Waals surface area contributed by atoms with Crippen molar-refractivity contribution in [3.63, 3.8) is 0 Å². The molecule has 0 aliphatic rings. The Bertz CT molecular complexity index is 728. The minimum Gasteiger partial charge on any atom is -0.392 e. The van der Waals surface area contributed by atoms with Gasteiger partial charge in [-0.05, 0) is 11.5 Å². The summed E-state index contributed by atoms with van der Waals surface area (Å²) in [4.78, 5) is 4.39. The van der Waals surface area contributed by atoms with Crippen LogP contribution in [0.15, 0.2) is 35.0 Å². The van der Waals surface area contributed by atoms with Gasteiger partial charge in [0.25, 0.3) is 0 Å². The van der Waals surface area contributed by atoms with Crippen LogP contribution in [0.25, 0.3) is 10.9 Å². The molecule has 0 aliphatic carbocycles.